The first-order valence-electron chi connectivity index (χ1n) is 4.80. The van der Waals surface area contributed by atoms with E-state index in [0.29, 0.717) is 18.7 Å². The maximum absolute atomic E-state index is 10.9. The highest BCUT2D eigenvalue weighted by atomic mass is 16.5. The molecule has 0 unspecified atom stereocenters. The van der Waals surface area contributed by atoms with Crippen molar-refractivity contribution in [1.82, 2.24) is 0 Å². The Kier molecular flexibility index (Phi) is 3.97. The van der Waals surface area contributed by atoms with Crippen LogP contribution in [0.4, 0.5) is 11.4 Å². The third-order valence-corrected chi connectivity index (χ3v) is 2.08. The van der Waals surface area contributed by atoms with Crippen LogP contribution in [0.2, 0.25) is 0 Å². The number of nitrogens with one attached hydrogen (secondary N) is 1. The van der Waals surface area contributed by atoms with E-state index in [2.05, 4.69) is 10.1 Å². The standard InChI is InChI=1S/C11H16N2O2/c1-8-3-4-9(12)10(7-8)13-6-5-11(14)15-2/h3-4,7,13H,5-6,12H2,1-2H3. The molecule has 0 aliphatic rings. The van der Waals surface area contributed by atoms with E-state index in [0.717, 1.165) is 11.3 Å². The minimum absolute atomic E-state index is 0.228. The number of nitrogen functional groups attached to an aromatic ring is 1. The van der Waals surface area contributed by atoms with Gasteiger partial charge in [0.05, 0.1) is 24.9 Å². The minimum Gasteiger partial charge on any atom is -0.469 e. The van der Waals surface area contributed by atoms with E-state index in [1.54, 1.807) is 0 Å². The van der Waals surface area contributed by atoms with Gasteiger partial charge in [0.1, 0.15) is 0 Å². The topological polar surface area (TPSA) is 64.3 Å². The first-order chi connectivity index (χ1) is 7.13. The summed E-state index contributed by atoms with van der Waals surface area (Å²) in [5, 5.41) is 3.09. The molecule has 0 atom stereocenters. The average molecular weight is 208 g/mol. The van der Waals surface area contributed by atoms with Crippen molar-refractivity contribution in [3.8, 4) is 0 Å². The normalized spacial score (nSPS) is 9.73. The van der Waals surface area contributed by atoms with E-state index in [-0.39, 0.29) is 5.97 Å². The van der Waals surface area contributed by atoms with Crippen molar-refractivity contribution < 1.29 is 9.53 Å². The number of hydrogen-bond acceptors (Lipinski definition) is 4. The van der Waals surface area contributed by atoms with Crippen molar-refractivity contribution >= 4 is 17.3 Å². The zero-order valence-corrected chi connectivity index (χ0v) is 9.04. The molecule has 0 bridgehead atoms. The van der Waals surface area contributed by atoms with Gasteiger partial charge in [-0.2, -0.15) is 0 Å². The Bertz CT molecular complexity index is 350. The van der Waals surface area contributed by atoms with Gasteiger partial charge in [-0.3, -0.25) is 4.79 Å². The van der Waals surface area contributed by atoms with Crippen LogP contribution in [0.15, 0.2) is 18.2 Å². The second-order valence-electron chi connectivity index (χ2n) is 3.34. The summed E-state index contributed by atoms with van der Waals surface area (Å²) in [6.45, 7) is 2.52. The van der Waals surface area contributed by atoms with Crippen LogP contribution in [0.25, 0.3) is 0 Å². The Morgan fingerprint density at radius 3 is 2.93 bits per heavy atom. The predicted molar refractivity (Wildman–Crippen MR) is 60.7 cm³/mol. The molecule has 0 saturated heterocycles. The highest BCUT2D eigenvalue weighted by molar-refractivity contribution is 5.71. The van der Waals surface area contributed by atoms with Gasteiger partial charge >= 0.3 is 5.97 Å². The van der Waals surface area contributed by atoms with E-state index in [1.165, 1.54) is 7.11 Å². The number of hydrogen-bond donors (Lipinski definition) is 2. The van der Waals surface area contributed by atoms with Gasteiger partial charge in [-0.25, -0.2) is 0 Å². The van der Waals surface area contributed by atoms with Crippen LogP contribution in [0.3, 0.4) is 0 Å². The highest BCUT2D eigenvalue weighted by Crippen LogP contribution is 2.19. The molecule has 1 rings (SSSR count). The molecular formula is C11H16N2O2. The van der Waals surface area contributed by atoms with Crippen LogP contribution in [-0.2, 0) is 9.53 Å². The molecule has 1 aromatic rings. The Morgan fingerprint density at radius 1 is 1.53 bits per heavy atom. The van der Waals surface area contributed by atoms with Crippen molar-refractivity contribution in [1.29, 1.82) is 0 Å². The lowest BCUT2D eigenvalue weighted by atomic mass is 10.2. The Balaban J connectivity index is 2.50. The molecule has 0 spiro atoms. The number of carbonyl (C=O) groups is 1. The van der Waals surface area contributed by atoms with Crippen molar-refractivity contribution in [2.24, 2.45) is 0 Å². The predicted octanol–water partition coefficient (Wildman–Crippen LogP) is 1.55. The van der Waals surface area contributed by atoms with Crippen LogP contribution < -0.4 is 11.1 Å². The van der Waals surface area contributed by atoms with E-state index in [1.807, 2.05) is 25.1 Å². The minimum atomic E-state index is -0.228. The lowest BCUT2D eigenvalue weighted by Gasteiger charge is -2.09. The molecule has 0 saturated carbocycles. The summed E-state index contributed by atoms with van der Waals surface area (Å²) in [4.78, 5) is 10.9. The highest BCUT2D eigenvalue weighted by Gasteiger charge is 2.01. The second kappa shape index (κ2) is 5.24. The summed E-state index contributed by atoms with van der Waals surface area (Å²) < 4.78 is 4.53. The van der Waals surface area contributed by atoms with Gasteiger partial charge in [-0.05, 0) is 24.6 Å². The molecule has 0 fully saturated rings. The Labute approximate surface area is 89.4 Å². The summed E-state index contributed by atoms with van der Waals surface area (Å²) in [6, 6.07) is 5.74. The molecule has 4 nitrogen and oxygen atoms in total. The molecule has 15 heavy (non-hydrogen) atoms. The summed E-state index contributed by atoms with van der Waals surface area (Å²) in [5.41, 5.74) is 8.44. The van der Waals surface area contributed by atoms with Crippen LogP contribution in [0.1, 0.15) is 12.0 Å². The van der Waals surface area contributed by atoms with E-state index >= 15 is 0 Å². The third-order valence-electron chi connectivity index (χ3n) is 2.08. The second-order valence-corrected chi connectivity index (χ2v) is 3.34. The molecule has 0 amide bonds. The van der Waals surface area contributed by atoms with Gasteiger partial charge in [-0.15, -0.1) is 0 Å². The first kappa shape index (κ1) is 11.4. The van der Waals surface area contributed by atoms with Crippen LogP contribution in [0, 0.1) is 6.92 Å². The zero-order chi connectivity index (χ0) is 11.3. The van der Waals surface area contributed by atoms with Crippen LogP contribution in [-0.4, -0.2) is 19.6 Å². The number of nitrogens with two attached hydrogens (primary N) is 1. The summed E-state index contributed by atoms with van der Waals surface area (Å²) in [5.74, 6) is -0.228. The van der Waals surface area contributed by atoms with Gasteiger partial charge < -0.3 is 15.8 Å². The zero-order valence-electron chi connectivity index (χ0n) is 9.04. The Morgan fingerprint density at radius 2 is 2.27 bits per heavy atom. The van der Waals surface area contributed by atoms with Crippen molar-refractivity contribution in [2.45, 2.75) is 13.3 Å². The number of carbonyl (C=O) groups excluding carboxylic acids is 1. The molecule has 1 aromatic carbocycles. The average Bonchev–Trinajstić information content (AvgIpc) is 2.23. The number of ether oxygens (including phenoxy) is 1. The molecule has 0 heterocycles. The van der Waals surface area contributed by atoms with Gasteiger partial charge in [0.15, 0.2) is 0 Å². The fourth-order valence-electron chi connectivity index (χ4n) is 1.22. The molecule has 4 heteroatoms. The third kappa shape index (κ3) is 3.50. The van der Waals surface area contributed by atoms with Crippen molar-refractivity contribution in [3.63, 3.8) is 0 Å². The Hall–Kier alpha value is -1.71. The molecule has 0 aromatic heterocycles. The quantitative estimate of drug-likeness (QED) is 0.582. The number of benzene rings is 1. The number of rotatable bonds is 4. The molecule has 0 aliphatic carbocycles. The largest absolute Gasteiger partial charge is 0.469 e. The van der Waals surface area contributed by atoms with Crippen molar-refractivity contribution in [2.75, 3.05) is 24.7 Å². The van der Waals surface area contributed by atoms with Gasteiger partial charge in [0, 0.05) is 6.54 Å². The smallest absolute Gasteiger partial charge is 0.307 e. The van der Waals surface area contributed by atoms with E-state index in [9.17, 15) is 4.79 Å². The summed E-state index contributed by atoms with van der Waals surface area (Å²) in [6.07, 6.45) is 0.337. The molecule has 3 N–H and O–H groups in total. The van der Waals surface area contributed by atoms with E-state index < -0.39 is 0 Å². The maximum Gasteiger partial charge on any atom is 0.307 e. The first-order valence-corrected chi connectivity index (χ1v) is 4.80. The maximum atomic E-state index is 10.9. The van der Waals surface area contributed by atoms with Gasteiger partial charge in [-0.1, -0.05) is 6.07 Å². The fourth-order valence-corrected chi connectivity index (χ4v) is 1.22. The van der Waals surface area contributed by atoms with E-state index in [4.69, 9.17) is 5.73 Å². The number of methoxy groups -OCH3 is 1. The molecule has 82 valence electrons. The lowest BCUT2D eigenvalue weighted by molar-refractivity contribution is -0.140. The van der Waals surface area contributed by atoms with Crippen molar-refractivity contribution in [3.05, 3.63) is 23.8 Å². The number of aryl methyl sites for hydroxylation is 1. The van der Waals surface area contributed by atoms with Crippen LogP contribution in [0.5, 0.6) is 0 Å². The van der Waals surface area contributed by atoms with Gasteiger partial charge in [0.25, 0.3) is 0 Å². The molecule has 0 aliphatic heterocycles. The molecular weight excluding hydrogens is 192 g/mol. The lowest BCUT2D eigenvalue weighted by Crippen LogP contribution is -2.10. The van der Waals surface area contributed by atoms with Gasteiger partial charge in [0.2, 0.25) is 0 Å². The number of esters is 1. The SMILES string of the molecule is COC(=O)CCNc1cc(C)ccc1N. The van der Waals surface area contributed by atoms with Crippen LogP contribution >= 0.6 is 0 Å². The monoisotopic (exact) mass is 208 g/mol. The summed E-state index contributed by atoms with van der Waals surface area (Å²) in [7, 11) is 1.38. The number of anilines is 2. The fraction of sp³-hybridized carbons (Fsp3) is 0.364. The summed E-state index contributed by atoms with van der Waals surface area (Å²) >= 11 is 0. The molecule has 0 radical (unpaired) electrons.